The van der Waals surface area contributed by atoms with Crippen molar-refractivity contribution in [2.75, 3.05) is 0 Å². The Morgan fingerprint density at radius 1 is 1.25 bits per heavy atom. The predicted molar refractivity (Wildman–Crippen MR) is 92.2 cm³/mol. The van der Waals surface area contributed by atoms with E-state index < -0.39 is 0 Å². The van der Waals surface area contributed by atoms with Gasteiger partial charge in [0.05, 0.1) is 5.69 Å². The second-order valence-corrected chi connectivity index (χ2v) is 6.35. The first-order valence-corrected chi connectivity index (χ1v) is 8.18. The van der Waals surface area contributed by atoms with Crippen molar-refractivity contribution < 1.29 is 9.50 Å². The molecule has 4 rings (SSSR count). The van der Waals surface area contributed by atoms with Crippen LogP contribution in [0.2, 0.25) is 0 Å². The van der Waals surface area contributed by atoms with Crippen molar-refractivity contribution in [3.63, 3.8) is 0 Å². The summed E-state index contributed by atoms with van der Waals surface area (Å²) >= 11 is 1.39. The molecule has 1 fully saturated rings. The smallest absolute Gasteiger partial charge is 0.211 e. The highest BCUT2D eigenvalue weighted by Crippen LogP contribution is 2.26. The van der Waals surface area contributed by atoms with Crippen molar-refractivity contribution >= 4 is 27.8 Å². The summed E-state index contributed by atoms with van der Waals surface area (Å²) in [6.07, 6.45) is 0.644. The number of rotatable bonds is 3. The maximum atomic E-state index is 13.2. The third-order valence-corrected chi connectivity index (χ3v) is 4.48. The minimum absolute atomic E-state index is 0.0581. The molecule has 24 heavy (non-hydrogen) atoms. The molecule has 6 nitrogen and oxygen atoms in total. The second kappa shape index (κ2) is 6.04. The molecule has 2 aromatic rings. The van der Waals surface area contributed by atoms with Crippen molar-refractivity contribution in [2.45, 2.75) is 12.6 Å². The molecule has 122 valence electrons. The van der Waals surface area contributed by atoms with E-state index in [1.807, 2.05) is 17.1 Å². The van der Waals surface area contributed by atoms with Crippen LogP contribution in [0.4, 0.5) is 10.1 Å². The van der Waals surface area contributed by atoms with Crippen LogP contribution in [0.3, 0.4) is 0 Å². The van der Waals surface area contributed by atoms with Crippen molar-refractivity contribution in [3.8, 4) is 5.75 Å². The van der Waals surface area contributed by atoms with Gasteiger partial charge in [-0.2, -0.15) is 5.10 Å². The van der Waals surface area contributed by atoms with E-state index in [2.05, 4.69) is 20.9 Å². The summed E-state index contributed by atoms with van der Waals surface area (Å²) in [5.74, 6) is -0.0704. The van der Waals surface area contributed by atoms with Crippen LogP contribution in [-0.2, 0) is 6.42 Å². The molecule has 2 aromatic carbocycles. The van der Waals surface area contributed by atoms with E-state index >= 15 is 0 Å². The summed E-state index contributed by atoms with van der Waals surface area (Å²) in [5, 5.41) is 17.0. The average Bonchev–Trinajstić information content (AvgIpc) is 3.11. The highest BCUT2D eigenvalue weighted by atomic mass is 32.2. The van der Waals surface area contributed by atoms with Crippen molar-refractivity contribution in [3.05, 3.63) is 59.9 Å². The number of hydrogen-bond acceptors (Lipinski definition) is 6. The van der Waals surface area contributed by atoms with Crippen LogP contribution < -0.4 is 10.9 Å². The van der Waals surface area contributed by atoms with E-state index in [0.717, 1.165) is 10.7 Å². The zero-order valence-electron chi connectivity index (χ0n) is 12.5. The van der Waals surface area contributed by atoms with Gasteiger partial charge >= 0.3 is 0 Å². The minimum atomic E-state index is -0.315. The molecule has 0 radical (unpaired) electrons. The van der Waals surface area contributed by atoms with E-state index in [4.69, 9.17) is 0 Å². The molecule has 0 aliphatic carbocycles. The number of hydrazone groups is 1. The first kappa shape index (κ1) is 14.8. The second-order valence-electron chi connectivity index (χ2n) is 5.39. The molecule has 3 N–H and O–H groups in total. The van der Waals surface area contributed by atoms with E-state index in [1.54, 1.807) is 24.3 Å². The molecule has 1 saturated heterocycles. The standard InChI is InChI=1S/C16H14FN5OS/c17-11-2-1-3-12(9-11)18-15-21-22-14(19-20-16(22)24-15)8-10-4-6-13(23)7-5-10/h1-7,9,14,19,23H,8H2,(H,18,21). The number of amidine groups is 2. The quantitative estimate of drug-likeness (QED) is 0.799. The van der Waals surface area contributed by atoms with Crippen LogP contribution >= 0.6 is 11.8 Å². The Morgan fingerprint density at radius 3 is 2.88 bits per heavy atom. The number of fused-ring (bicyclic) bond motifs is 1. The normalized spacial score (nSPS) is 20.5. The third-order valence-electron chi connectivity index (χ3n) is 3.64. The Balaban J connectivity index is 1.47. The average molecular weight is 343 g/mol. The summed E-state index contributed by atoms with van der Waals surface area (Å²) in [4.78, 5) is 4.40. The highest BCUT2D eigenvalue weighted by Gasteiger charge is 2.35. The number of nitrogens with one attached hydrogen (secondary N) is 2. The summed E-state index contributed by atoms with van der Waals surface area (Å²) < 4.78 is 13.2. The van der Waals surface area contributed by atoms with Crippen LogP contribution in [0.15, 0.2) is 58.6 Å². The van der Waals surface area contributed by atoms with Gasteiger partial charge in [-0.1, -0.05) is 18.2 Å². The van der Waals surface area contributed by atoms with Crippen LogP contribution in [-0.4, -0.2) is 26.6 Å². The van der Waals surface area contributed by atoms with Gasteiger partial charge in [-0.25, -0.2) is 14.4 Å². The summed E-state index contributed by atoms with van der Waals surface area (Å²) in [6, 6.07) is 13.2. The fraction of sp³-hybridized carbons (Fsp3) is 0.125. The molecule has 2 heterocycles. The van der Waals surface area contributed by atoms with Gasteiger partial charge in [0.2, 0.25) is 5.17 Å². The van der Waals surface area contributed by atoms with Crippen molar-refractivity contribution in [1.29, 1.82) is 0 Å². The zero-order valence-corrected chi connectivity index (χ0v) is 13.3. The number of halogens is 1. The lowest BCUT2D eigenvalue weighted by Crippen LogP contribution is -2.46. The molecule has 0 amide bonds. The van der Waals surface area contributed by atoms with E-state index in [-0.39, 0.29) is 17.7 Å². The van der Waals surface area contributed by atoms with Crippen LogP contribution in [0.5, 0.6) is 5.75 Å². The molecular weight excluding hydrogens is 329 g/mol. The molecule has 0 bridgehead atoms. The van der Waals surface area contributed by atoms with Gasteiger partial charge in [-0.15, -0.1) is 0 Å². The fourth-order valence-electron chi connectivity index (χ4n) is 2.49. The SMILES string of the molecule is Oc1ccc(CC2NN=C3SC(=Nc4cccc(F)c4)NN32)cc1. The molecule has 0 saturated carbocycles. The number of aliphatic imine (C=N–C) groups is 1. The van der Waals surface area contributed by atoms with Gasteiger partial charge in [-0.3, -0.25) is 10.9 Å². The Morgan fingerprint density at radius 2 is 2.08 bits per heavy atom. The third kappa shape index (κ3) is 3.00. The summed E-state index contributed by atoms with van der Waals surface area (Å²) in [5.41, 5.74) is 7.88. The van der Waals surface area contributed by atoms with E-state index in [0.29, 0.717) is 17.3 Å². The number of phenolic OH excluding ortho intramolecular Hbond substituents is 1. The first-order valence-electron chi connectivity index (χ1n) is 7.36. The van der Waals surface area contributed by atoms with Gasteiger partial charge < -0.3 is 5.11 Å². The van der Waals surface area contributed by atoms with E-state index in [9.17, 15) is 9.50 Å². The Kier molecular flexibility index (Phi) is 3.73. The lowest BCUT2D eigenvalue weighted by Gasteiger charge is -2.21. The van der Waals surface area contributed by atoms with Crippen molar-refractivity contribution in [2.24, 2.45) is 10.1 Å². The highest BCUT2D eigenvalue weighted by molar-refractivity contribution is 8.26. The fourth-order valence-corrected chi connectivity index (χ4v) is 3.33. The van der Waals surface area contributed by atoms with Gasteiger partial charge in [0.1, 0.15) is 17.7 Å². The summed E-state index contributed by atoms with van der Waals surface area (Å²) in [6.45, 7) is 0. The van der Waals surface area contributed by atoms with Crippen molar-refractivity contribution in [1.82, 2.24) is 15.9 Å². The molecule has 2 aliphatic rings. The largest absolute Gasteiger partial charge is 0.508 e. The molecule has 8 heteroatoms. The minimum Gasteiger partial charge on any atom is -0.508 e. The Labute approximate surface area is 142 Å². The number of hydrogen-bond donors (Lipinski definition) is 3. The van der Waals surface area contributed by atoms with Gasteiger partial charge in [0, 0.05) is 6.42 Å². The van der Waals surface area contributed by atoms with Gasteiger partial charge in [0.15, 0.2) is 5.17 Å². The number of thioether (sulfide) groups is 1. The monoisotopic (exact) mass is 343 g/mol. The summed E-state index contributed by atoms with van der Waals surface area (Å²) in [7, 11) is 0. The van der Waals surface area contributed by atoms with Crippen LogP contribution in [0.25, 0.3) is 0 Å². The zero-order chi connectivity index (χ0) is 16.5. The van der Waals surface area contributed by atoms with Crippen LogP contribution in [0, 0.1) is 5.82 Å². The van der Waals surface area contributed by atoms with Gasteiger partial charge in [0.25, 0.3) is 0 Å². The molecule has 0 aromatic heterocycles. The number of nitrogens with zero attached hydrogens (tertiary/aromatic N) is 3. The lowest BCUT2D eigenvalue weighted by atomic mass is 10.1. The van der Waals surface area contributed by atoms with E-state index in [1.165, 1.54) is 23.9 Å². The topological polar surface area (TPSA) is 72.2 Å². The molecule has 0 spiro atoms. The molecule has 2 aliphatic heterocycles. The molecular formula is C16H14FN5OS. The maximum Gasteiger partial charge on any atom is 0.211 e. The molecule has 1 atom stereocenters. The number of benzene rings is 2. The predicted octanol–water partition coefficient (Wildman–Crippen LogP) is 2.52. The Hall–Kier alpha value is -2.74. The number of hydrazine groups is 1. The van der Waals surface area contributed by atoms with Gasteiger partial charge in [-0.05, 0) is 47.7 Å². The lowest BCUT2D eigenvalue weighted by molar-refractivity contribution is 0.274. The maximum absolute atomic E-state index is 13.2. The van der Waals surface area contributed by atoms with Crippen LogP contribution in [0.1, 0.15) is 5.56 Å². The Bertz CT molecular complexity index is 823. The first-order chi connectivity index (χ1) is 11.7. The molecule has 1 unspecified atom stereocenters. The number of aromatic hydroxyl groups is 1. The number of phenols is 1.